The van der Waals surface area contributed by atoms with Crippen molar-refractivity contribution in [3.8, 4) is 0 Å². The number of carbonyl (C=O) groups is 1. The number of hydrogen-bond donors (Lipinski definition) is 1. The highest BCUT2D eigenvalue weighted by Crippen LogP contribution is 2.14. The molecule has 1 fully saturated rings. The number of carbonyl (C=O) groups excluding carboxylic acids is 1. The monoisotopic (exact) mass is 331 g/mol. The van der Waals surface area contributed by atoms with Gasteiger partial charge in [0.2, 0.25) is 0 Å². The third-order valence-corrected chi connectivity index (χ3v) is 5.10. The number of aryl methyl sites for hydroxylation is 1. The van der Waals surface area contributed by atoms with E-state index in [-0.39, 0.29) is 5.91 Å². The van der Waals surface area contributed by atoms with E-state index < -0.39 is 0 Å². The Bertz CT molecular complexity index is 492. The van der Waals surface area contributed by atoms with Crippen molar-refractivity contribution in [1.82, 2.24) is 15.1 Å². The SMILES string of the molecule is Cc1ccc(C(=O)NCCCCCN(C)C2CCN(C)CC2)cc1. The number of benzene rings is 1. The normalized spacial score (nSPS) is 16.5. The first-order chi connectivity index (χ1) is 11.6. The molecule has 1 N–H and O–H groups in total. The maximum absolute atomic E-state index is 12.0. The molecular weight excluding hydrogens is 298 g/mol. The molecule has 1 aromatic rings. The highest BCUT2D eigenvalue weighted by atomic mass is 16.1. The largest absolute Gasteiger partial charge is 0.352 e. The number of unbranched alkanes of at least 4 members (excludes halogenated alkanes) is 2. The molecule has 4 heteroatoms. The molecule has 1 aromatic carbocycles. The second-order valence-electron chi connectivity index (χ2n) is 7.20. The minimum absolute atomic E-state index is 0.0402. The molecule has 0 atom stereocenters. The van der Waals surface area contributed by atoms with Crippen molar-refractivity contribution in [1.29, 1.82) is 0 Å². The molecule has 134 valence electrons. The Kier molecular flexibility index (Phi) is 7.73. The number of likely N-dealkylation sites (tertiary alicyclic amines) is 1. The van der Waals surface area contributed by atoms with Gasteiger partial charge in [-0.25, -0.2) is 0 Å². The lowest BCUT2D eigenvalue weighted by Crippen LogP contribution is -2.42. The van der Waals surface area contributed by atoms with Crippen LogP contribution in [0.2, 0.25) is 0 Å². The first-order valence-corrected chi connectivity index (χ1v) is 9.30. The summed E-state index contributed by atoms with van der Waals surface area (Å²) in [4.78, 5) is 17.0. The number of nitrogens with zero attached hydrogens (tertiary/aromatic N) is 2. The van der Waals surface area contributed by atoms with E-state index in [0.717, 1.165) is 24.6 Å². The van der Waals surface area contributed by atoms with E-state index in [2.05, 4.69) is 29.2 Å². The maximum atomic E-state index is 12.0. The molecular formula is C20H33N3O. The molecule has 0 aliphatic carbocycles. The minimum atomic E-state index is 0.0402. The molecule has 24 heavy (non-hydrogen) atoms. The van der Waals surface area contributed by atoms with Crippen LogP contribution in [0.4, 0.5) is 0 Å². The van der Waals surface area contributed by atoms with Crippen molar-refractivity contribution in [3.63, 3.8) is 0 Å². The fraction of sp³-hybridized carbons (Fsp3) is 0.650. The lowest BCUT2D eigenvalue weighted by molar-refractivity contribution is 0.0952. The van der Waals surface area contributed by atoms with Crippen LogP contribution in [0.3, 0.4) is 0 Å². The third kappa shape index (κ3) is 6.25. The summed E-state index contributed by atoms with van der Waals surface area (Å²) in [5, 5.41) is 3.02. The Labute approximate surface area is 147 Å². The lowest BCUT2D eigenvalue weighted by Gasteiger charge is -2.35. The molecule has 2 rings (SSSR count). The molecule has 0 bridgehead atoms. The van der Waals surface area contributed by atoms with Gasteiger partial charge in [-0.1, -0.05) is 24.1 Å². The predicted molar refractivity (Wildman–Crippen MR) is 101 cm³/mol. The predicted octanol–water partition coefficient (Wildman–Crippen LogP) is 2.92. The van der Waals surface area contributed by atoms with Crippen molar-refractivity contribution >= 4 is 5.91 Å². The van der Waals surface area contributed by atoms with Gasteiger partial charge in [0.15, 0.2) is 0 Å². The molecule has 0 aromatic heterocycles. The van der Waals surface area contributed by atoms with Crippen LogP contribution in [-0.2, 0) is 0 Å². The molecule has 1 aliphatic heterocycles. The fourth-order valence-corrected chi connectivity index (χ4v) is 3.29. The van der Waals surface area contributed by atoms with E-state index >= 15 is 0 Å². The van der Waals surface area contributed by atoms with E-state index in [9.17, 15) is 4.79 Å². The van der Waals surface area contributed by atoms with Gasteiger partial charge in [0.05, 0.1) is 0 Å². The quantitative estimate of drug-likeness (QED) is 0.744. The van der Waals surface area contributed by atoms with Crippen molar-refractivity contribution in [3.05, 3.63) is 35.4 Å². The van der Waals surface area contributed by atoms with Crippen molar-refractivity contribution in [2.45, 2.75) is 45.1 Å². The smallest absolute Gasteiger partial charge is 0.251 e. The Morgan fingerprint density at radius 2 is 1.83 bits per heavy atom. The molecule has 0 unspecified atom stereocenters. The number of piperidine rings is 1. The van der Waals surface area contributed by atoms with E-state index in [0.29, 0.717) is 0 Å². The first-order valence-electron chi connectivity index (χ1n) is 9.30. The topological polar surface area (TPSA) is 35.6 Å². The summed E-state index contributed by atoms with van der Waals surface area (Å²) in [6.07, 6.45) is 6.02. The standard InChI is InChI=1S/C20H33N3O/c1-17-7-9-18(10-8-17)20(24)21-13-5-4-6-14-23(3)19-11-15-22(2)16-12-19/h7-10,19H,4-6,11-16H2,1-3H3,(H,21,24). The van der Waals surface area contributed by atoms with Crippen molar-refractivity contribution < 1.29 is 4.79 Å². The molecule has 1 amide bonds. The lowest BCUT2D eigenvalue weighted by atomic mass is 10.0. The Hall–Kier alpha value is -1.39. The van der Waals surface area contributed by atoms with Gasteiger partial charge in [-0.05, 0) is 78.5 Å². The first kappa shape index (κ1) is 18.9. The van der Waals surface area contributed by atoms with Gasteiger partial charge in [-0.2, -0.15) is 0 Å². The van der Waals surface area contributed by atoms with E-state index in [1.165, 1.54) is 50.9 Å². The van der Waals surface area contributed by atoms with Gasteiger partial charge in [0.1, 0.15) is 0 Å². The summed E-state index contributed by atoms with van der Waals surface area (Å²) in [6, 6.07) is 8.49. The van der Waals surface area contributed by atoms with Crippen molar-refractivity contribution in [2.24, 2.45) is 0 Å². The molecule has 4 nitrogen and oxygen atoms in total. The molecule has 0 radical (unpaired) electrons. The average Bonchev–Trinajstić information content (AvgIpc) is 2.58. The van der Waals surface area contributed by atoms with Crippen LogP contribution in [-0.4, -0.2) is 62.0 Å². The molecule has 1 heterocycles. The van der Waals surface area contributed by atoms with Gasteiger partial charge < -0.3 is 15.1 Å². The van der Waals surface area contributed by atoms with Crippen LogP contribution in [0, 0.1) is 6.92 Å². The zero-order valence-electron chi connectivity index (χ0n) is 15.6. The average molecular weight is 332 g/mol. The highest BCUT2D eigenvalue weighted by molar-refractivity contribution is 5.94. The number of amides is 1. The summed E-state index contributed by atoms with van der Waals surface area (Å²) in [5.74, 6) is 0.0402. The number of rotatable bonds is 8. The zero-order valence-corrected chi connectivity index (χ0v) is 15.6. The van der Waals surface area contributed by atoms with E-state index in [1.54, 1.807) is 0 Å². The van der Waals surface area contributed by atoms with Crippen LogP contribution in [0.15, 0.2) is 24.3 Å². The van der Waals surface area contributed by atoms with Crippen LogP contribution in [0.1, 0.15) is 48.0 Å². The third-order valence-electron chi connectivity index (χ3n) is 5.10. The summed E-state index contributed by atoms with van der Waals surface area (Å²) in [5.41, 5.74) is 1.93. The molecule has 0 saturated carbocycles. The van der Waals surface area contributed by atoms with Gasteiger partial charge in [0, 0.05) is 18.2 Å². The minimum Gasteiger partial charge on any atom is -0.352 e. The Morgan fingerprint density at radius 1 is 1.17 bits per heavy atom. The van der Waals surface area contributed by atoms with Crippen LogP contribution in [0.25, 0.3) is 0 Å². The second-order valence-corrected chi connectivity index (χ2v) is 7.20. The highest BCUT2D eigenvalue weighted by Gasteiger charge is 2.19. The number of nitrogens with one attached hydrogen (secondary N) is 1. The fourth-order valence-electron chi connectivity index (χ4n) is 3.29. The van der Waals surface area contributed by atoms with Crippen molar-refractivity contribution in [2.75, 3.05) is 40.3 Å². The van der Waals surface area contributed by atoms with E-state index in [4.69, 9.17) is 0 Å². The zero-order chi connectivity index (χ0) is 17.4. The summed E-state index contributed by atoms with van der Waals surface area (Å²) < 4.78 is 0. The maximum Gasteiger partial charge on any atom is 0.251 e. The molecule has 0 spiro atoms. The molecule has 1 saturated heterocycles. The van der Waals surface area contributed by atoms with Crippen LogP contribution in [0.5, 0.6) is 0 Å². The second kappa shape index (κ2) is 9.80. The summed E-state index contributed by atoms with van der Waals surface area (Å²) in [7, 11) is 4.47. The van der Waals surface area contributed by atoms with Crippen LogP contribution < -0.4 is 5.32 Å². The van der Waals surface area contributed by atoms with E-state index in [1.807, 2.05) is 31.2 Å². The Balaban J connectivity index is 1.53. The number of hydrogen-bond acceptors (Lipinski definition) is 3. The Morgan fingerprint density at radius 3 is 2.50 bits per heavy atom. The summed E-state index contributed by atoms with van der Waals surface area (Å²) >= 11 is 0. The van der Waals surface area contributed by atoms with Gasteiger partial charge >= 0.3 is 0 Å². The van der Waals surface area contributed by atoms with Crippen LogP contribution >= 0.6 is 0 Å². The molecule has 1 aliphatic rings. The van der Waals surface area contributed by atoms with Gasteiger partial charge in [0.25, 0.3) is 5.91 Å². The summed E-state index contributed by atoms with van der Waals surface area (Å²) in [6.45, 7) is 6.41. The van der Waals surface area contributed by atoms with Gasteiger partial charge in [-0.3, -0.25) is 4.79 Å². The van der Waals surface area contributed by atoms with Gasteiger partial charge in [-0.15, -0.1) is 0 Å².